The first-order chi connectivity index (χ1) is 12.8. The van der Waals surface area contributed by atoms with Crippen LogP contribution in [0.15, 0.2) is 76.5 Å². The van der Waals surface area contributed by atoms with Gasteiger partial charge in [-0.3, -0.25) is 4.79 Å². The quantitative estimate of drug-likeness (QED) is 0.488. The minimum Gasteiger partial charge on any atom is -0.451 e. The van der Waals surface area contributed by atoms with E-state index in [1.807, 2.05) is 53.4 Å². The van der Waals surface area contributed by atoms with E-state index < -0.39 is 0 Å². The minimum atomic E-state index is -0.0630. The van der Waals surface area contributed by atoms with Gasteiger partial charge in [-0.25, -0.2) is 0 Å². The Morgan fingerprint density at radius 1 is 1.04 bits per heavy atom. The molecule has 2 aromatic heterocycles. The zero-order valence-corrected chi connectivity index (χ0v) is 14.9. The average molecular weight is 359 g/mol. The van der Waals surface area contributed by atoms with Gasteiger partial charge in [-0.15, -0.1) is 11.3 Å². The van der Waals surface area contributed by atoms with Gasteiger partial charge in [-0.1, -0.05) is 48.5 Å². The van der Waals surface area contributed by atoms with Crippen LogP contribution in [0.2, 0.25) is 0 Å². The second-order valence-corrected chi connectivity index (χ2v) is 7.51. The highest BCUT2D eigenvalue weighted by atomic mass is 32.1. The molecular weight excluding hydrogens is 342 g/mol. The van der Waals surface area contributed by atoms with E-state index in [0.717, 1.165) is 23.0 Å². The highest BCUT2D eigenvalue weighted by Crippen LogP contribution is 2.38. The Bertz CT molecular complexity index is 1050. The lowest BCUT2D eigenvalue weighted by molar-refractivity contribution is 0.0666. The van der Waals surface area contributed by atoms with Gasteiger partial charge in [-0.2, -0.15) is 0 Å². The lowest BCUT2D eigenvalue weighted by atomic mass is 9.93. The summed E-state index contributed by atoms with van der Waals surface area (Å²) in [6, 6.07) is 21.9. The molecule has 5 rings (SSSR count). The van der Waals surface area contributed by atoms with E-state index in [1.54, 1.807) is 11.3 Å². The van der Waals surface area contributed by atoms with Crippen LogP contribution in [-0.4, -0.2) is 17.4 Å². The van der Waals surface area contributed by atoms with Gasteiger partial charge in [0.15, 0.2) is 5.76 Å². The summed E-state index contributed by atoms with van der Waals surface area (Å²) < 4.78 is 5.85. The van der Waals surface area contributed by atoms with Gasteiger partial charge in [0, 0.05) is 16.8 Å². The number of nitrogens with zero attached hydrogens (tertiary/aromatic N) is 1. The van der Waals surface area contributed by atoms with Crippen LogP contribution >= 0.6 is 11.3 Å². The Hall–Kier alpha value is -2.85. The molecule has 1 amide bonds. The van der Waals surface area contributed by atoms with Crippen LogP contribution in [0.4, 0.5) is 0 Å². The van der Waals surface area contributed by atoms with Crippen molar-refractivity contribution in [1.29, 1.82) is 0 Å². The van der Waals surface area contributed by atoms with E-state index >= 15 is 0 Å². The first-order valence-corrected chi connectivity index (χ1v) is 9.60. The van der Waals surface area contributed by atoms with Gasteiger partial charge in [0.05, 0.1) is 6.04 Å². The second-order valence-electron chi connectivity index (χ2n) is 6.51. The largest absolute Gasteiger partial charge is 0.451 e. The zero-order chi connectivity index (χ0) is 17.5. The maximum absolute atomic E-state index is 13.3. The maximum atomic E-state index is 13.3. The summed E-state index contributed by atoms with van der Waals surface area (Å²) in [5.41, 5.74) is 3.12. The van der Waals surface area contributed by atoms with Crippen molar-refractivity contribution in [2.75, 3.05) is 6.54 Å². The molecule has 128 valence electrons. The molecule has 3 nitrogen and oxygen atoms in total. The van der Waals surface area contributed by atoms with E-state index in [4.69, 9.17) is 4.42 Å². The number of rotatable bonds is 2. The smallest absolute Gasteiger partial charge is 0.290 e. The SMILES string of the molecule is O=C(c1cc2ccccc2o1)N1CCc2sccc2[C@H]1c1ccccc1. The molecule has 3 heterocycles. The highest BCUT2D eigenvalue weighted by Gasteiger charge is 2.34. The Labute approximate surface area is 155 Å². The molecule has 4 heteroatoms. The molecule has 0 saturated carbocycles. The Kier molecular flexibility index (Phi) is 3.64. The van der Waals surface area contributed by atoms with E-state index in [9.17, 15) is 4.79 Å². The molecule has 4 aromatic rings. The second kappa shape index (κ2) is 6.15. The first kappa shape index (κ1) is 15.4. The summed E-state index contributed by atoms with van der Waals surface area (Å²) >= 11 is 1.78. The lowest BCUT2D eigenvalue weighted by Gasteiger charge is -2.35. The van der Waals surface area contributed by atoms with Crippen LogP contribution in [0.5, 0.6) is 0 Å². The van der Waals surface area contributed by atoms with E-state index in [-0.39, 0.29) is 11.9 Å². The van der Waals surface area contributed by atoms with Crippen LogP contribution in [0, 0.1) is 0 Å². The molecule has 0 fully saturated rings. The molecule has 0 saturated heterocycles. The summed E-state index contributed by atoms with van der Waals surface area (Å²) in [7, 11) is 0. The molecule has 1 atom stereocenters. The number of hydrogen-bond donors (Lipinski definition) is 0. The Morgan fingerprint density at radius 3 is 2.69 bits per heavy atom. The van der Waals surface area contributed by atoms with Crippen LogP contribution < -0.4 is 0 Å². The molecule has 2 aromatic carbocycles. The molecule has 0 aliphatic carbocycles. The molecule has 0 spiro atoms. The number of benzene rings is 2. The van der Waals surface area contributed by atoms with Crippen molar-refractivity contribution in [2.45, 2.75) is 12.5 Å². The van der Waals surface area contributed by atoms with Gasteiger partial charge in [0.1, 0.15) is 5.58 Å². The summed E-state index contributed by atoms with van der Waals surface area (Å²) in [6.07, 6.45) is 0.891. The molecule has 26 heavy (non-hydrogen) atoms. The van der Waals surface area contributed by atoms with Gasteiger partial charge in [0.25, 0.3) is 5.91 Å². The third kappa shape index (κ3) is 2.45. The van der Waals surface area contributed by atoms with E-state index in [1.165, 1.54) is 10.4 Å². The van der Waals surface area contributed by atoms with Crippen LogP contribution in [0.25, 0.3) is 11.0 Å². The molecule has 0 N–H and O–H groups in total. The van der Waals surface area contributed by atoms with Crippen molar-refractivity contribution in [3.63, 3.8) is 0 Å². The Morgan fingerprint density at radius 2 is 1.85 bits per heavy atom. The topological polar surface area (TPSA) is 33.5 Å². The van der Waals surface area contributed by atoms with Gasteiger partial charge >= 0.3 is 0 Å². The predicted octanol–water partition coefficient (Wildman–Crippen LogP) is 5.28. The first-order valence-electron chi connectivity index (χ1n) is 8.72. The molecular formula is C22H17NO2S. The third-order valence-electron chi connectivity index (χ3n) is 4.98. The van der Waals surface area contributed by atoms with E-state index in [2.05, 4.69) is 23.6 Å². The van der Waals surface area contributed by atoms with Crippen LogP contribution in [0.1, 0.15) is 32.6 Å². The van der Waals surface area contributed by atoms with Crippen LogP contribution in [-0.2, 0) is 6.42 Å². The summed E-state index contributed by atoms with van der Waals surface area (Å²) in [4.78, 5) is 16.6. The number of carbonyl (C=O) groups excluding carboxylic acids is 1. The van der Waals surface area contributed by atoms with Crippen molar-refractivity contribution in [3.8, 4) is 0 Å². The number of amides is 1. The number of fused-ring (bicyclic) bond motifs is 2. The van der Waals surface area contributed by atoms with Crippen molar-refractivity contribution in [1.82, 2.24) is 4.90 Å². The normalized spacial score (nSPS) is 16.6. The van der Waals surface area contributed by atoms with Crippen molar-refractivity contribution >= 4 is 28.2 Å². The van der Waals surface area contributed by atoms with Gasteiger partial charge < -0.3 is 9.32 Å². The lowest BCUT2D eigenvalue weighted by Crippen LogP contribution is -2.39. The average Bonchev–Trinajstić information content (AvgIpc) is 3.33. The molecule has 0 radical (unpaired) electrons. The number of thiophene rings is 1. The molecule has 0 unspecified atom stereocenters. The van der Waals surface area contributed by atoms with Crippen molar-refractivity contribution in [3.05, 3.63) is 93.9 Å². The number of furan rings is 1. The number of carbonyl (C=O) groups is 1. The maximum Gasteiger partial charge on any atom is 0.290 e. The minimum absolute atomic E-state index is 0.0492. The fraction of sp³-hybridized carbons (Fsp3) is 0.136. The molecule has 1 aliphatic rings. The molecule has 0 bridgehead atoms. The predicted molar refractivity (Wildman–Crippen MR) is 104 cm³/mol. The van der Waals surface area contributed by atoms with Crippen LogP contribution in [0.3, 0.4) is 0 Å². The summed E-state index contributed by atoms with van der Waals surface area (Å²) in [6.45, 7) is 0.697. The monoisotopic (exact) mass is 359 g/mol. The molecule has 1 aliphatic heterocycles. The number of para-hydroxylation sites is 1. The summed E-state index contributed by atoms with van der Waals surface area (Å²) in [5, 5.41) is 3.08. The standard InChI is InChI=1S/C22H17NO2S/c24-22(19-14-16-8-4-5-9-18(16)25-19)23-12-10-20-17(11-13-26-20)21(23)15-6-2-1-3-7-15/h1-9,11,13-14,21H,10,12H2/t21-/m1/s1. The van der Waals surface area contributed by atoms with Crippen molar-refractivity contribution in [2.24, 2.45) is 0 Å². The number of hydrogen-bond acceptors (Lipinski definition) is 3. The zero-order valence-electron chi connectivity index (χ0n) is 14.1. The van der Waals surface area contributed by atoms with E-state index in [0.29, 0.717) is 12.3 Å². The highest BCUT2D eigenvalue weighted by molar-refractivity contribution is 7.10. The summed E-state index contributed by atoms with van der Waals surface area (Å²) in [5.74, 6) is 0.359. The van der Waals surface area contributed by atoms with Gasteiger partial charge in [-0.05, 0) is 41.1 Å². The third-order valence-corrected chi connectivity index (χ3v) is 5.97. The van der Waals surface area contributed by atoms with Crippen molar-refractivity contribution < 1.29 is 9.21 Å². The fourth-order valence-electron chi connectivity index (χ4n) is 3.76. The fourth-order valence-corrected chi connectivity index (χ4v) is 4.66. The Balaban J connectivity index is 1.59. The van der Waals surface area contributed by atoms with Gasteiger partial charge in [0.2, 0.25) is 0 Å².